The number of nitriles is 1. The van der Waals surface area contributed by atoms with E-state index >= 15 is 0 Å². The van der Waals surface area contributed by atoms with Crippen LogP contribution in [0.15, 0.2) is 12.1 Å². The van der Waals surface area contributed by atoms with E-state index in [1.165, 1.54) is 0 Å². The Morgan fingerprint density at radius 2 is 2.07 bits per heavy atom. The van der Waals surface area contributed by atoms with Gasteiger partial charge in [-0.15, -0.1) is 0 Å². The molecule has 0 aromatic heterocycles. The SMILES string of the molecule is CCC(C#N)Nc1cc(Cl)c(C)cc1Cl. The maximum Gasteiger partial charge on any atom is 0.114 e. The lowest BCUT2D eigenvalue weighted by Gasteiger charge is -2.13. The summed E-state index contributed by atoms with van der Waals surface area (Å²) >= 11 is 12.0. The second-order valence-electron chi connectivity index (χ2n) is 3.32. The third kappa shape index (κ3) is 3.02. The zero-order valence-electron chi connectivity index (χ0n) is 8.64. The highest BCUT2D eigenvalue weighted by molar-refractivity contribution is 6.35. The van der Waals surface area contributed by atoms with Crippen molar-refractivity contribution >= 4 is 28.9 Å². The van der Waals surface area contributed by atoms with Crippen molar-refractivity contribution in [1.82, 2.24) is 0 Å². The fourth-order valence-electron chi connectivity index (χ4n) is 1.17. The second kappa shape index (κ2) is 5.25. The largest absolute Gasteiger partial charge is 0.369 e. The minimum atomic E-state index is -0.235. The van der Waals surface area contributed by atoms with Crippen LogP contribution in [0.1, 0.15) is 18.9 Å². The van der Waals surface area contributed by atoms with Crippen molar-refractivity contribution in [2.45, 2.75) is 26.3 Å². The molecule has 0 heterocycles. The number of nitrogens with zero attached hydrogens (tertiary/aromatic N) is 1. The molecular formula is C11H12Cl2N2. The molecular weight excluding hydrogens is 231 g/mol. The van der Waals surface area contributed by atoms with E-state index in [0.717, 1.165) is 12.0 Å². The first-order valence-corrected chi connectivity index (χ1v) is 5.45. The topological polar surface area (TPSA) is 35.8 Å². The van der Waals surface area contributed by atoms with E-state index in [0.29, 0.717) is 15.7 Å². The van der Waals surface area contributed by atoms with Crippen molar-refractivity contribution in [1.29, 1.82) is 5.26 Å². The molecule has 0 fully saturated rings. The van der Waals surface area contributed by atoms with Gasteiger partial charge in [-0.05, 0) is 31.0 Å². The molecule has 0 saturated heterocycles. The number of anilines is 1. The van der Waals surface area contributed by atoms with Gasteiger partial charge in [0.1, 0.15) is 6.04 Å². The number of hydrogen-bond acceptors (Lipinski definition) is 2. The molecule has 0 aliphatic rings. The van der Waals surface area contributed by atoms with Crippen LogP contribution in [0.25, 0.3) is 0 Å². The van der Waals surface area contributed by atoms with E-state index in [2.05, 4.69) is 11.4 Å². The quantitative estimate of drug-likeness (QED) is 0.870. The summed E-state index contributed by atoms with van der Waals surface area (Å²) in [6, 6.07) is 5.45. The molecule has 15 heavy (non-hydrogen) atoms. The van der Waals surface area contributed by atoms with Crippen LogP contribution in [0.5, 0.6) is 0 Å². The molecule has 0 aliphatic heterocycles. The summed E-state index contributed by atoms with van der Waals surface area (Å²) < 4.78 is 0. The minimum Gasteiger partial charge on any atom is -0.369 e. The summed E-state index contributed by atoms with van der Waals surface area (Å²) in [7, 11) is 0. The summed E-state index contributed by atoms with van der Waals surface area (Å²) in [5.41, 5.74) is 1.64. The van der Waals surface area contributed by atoms with Crippen LogP contribution in [-0.2, 0) is 0 Å². The van der Waals surface area contributed by atoms with E-state index in [-0.39, 0.29) is 6.04 Å². The van der Waals surface area contributed by atoms with Gasteiger partial charge in [0, 0.05) is 5.02 Å². The van der Waals surface area contributed by atoms with Gasteiger partial charge in [0.25, 0.3) is 0 Å². The molecule has 0 bridgehead atoms. The van der Waals surface area contributed by atoms with E-state index in [9.17, 15) is 0 Å². The summed E-state index contributed by atoms with van der Waals surface area (Å²) in [5.74, 6) is 0. The highest BCUT2D eigenvalue weighted by atomic mass is 35.5. The molecule has 0 saturated carbocycles. The Kier molecular flexibility index (Phi) is 4.26. The van der Waals surface area contributed by atoms with E-state index in [1.54, 1.807) is 12.1 Å². The average Bonchev–Trinajstić information content (AvgIpc) is 2.21. The van der Waals surface area contributed by atoms with Crippen molar-refractivity contribution in [3.05, 3.63) is 27.7 Å². The fraction of sp³-hybridized carbons (Fsp3) is 0.364. The molecule has 1 unspecified atom stereocenters. The van der Waals surface area contributed by atoms with Gasteiger partial charge in [-0.2, -0.15) is 5.26 Å². The predicted molar refractivity (Wildman–Crippen MR) is 64.5 cm³/mol. The smallest absolute Gasteiger partial charge is 0.114 e. The van der Waals surface area contributed by atoms with Crippen LogP contribution in [-0.4, -0.2) is 6.04 Å². The maximum absolute atomic E-state index is 8.81. The molecule has 0 amide bonds. The van der Waals surface area contributed by atoms with Crippen LogP contribution in [0.4, 0.5) is 5.69 Å². The lowest BCUT2D eigenvalue weighted by Crippen LogP contribution is -2.15. The first kappa shape index (κ1) is 12.2. The number of halogens is 2. The molecule has 0 radical (unpaired) electrons. The molecule has 1 aromatic rings. The van der Waals surface area contributed by atoms with Crippen LogP contribution in [0, 0.1) is 18.3 Å². The molecule has 1 aromatic carbocycles. The highest BCUT2D eigenvalue weighted by Crippen LogP contribution is 2.29. The first-order chi connectivity index (χ1) is 7.08. The van der Waals surface area contributed by atoms with Gasteiger partial charge in [0.2, 0.25) is 0 Å². The molecule has 1 N–H and O–H groups in total. The van der Waals surface area contributed by atoms with Crippen molar-refractivity contribution in [3.8, 4) is 6.07 Å². The Hall–Kier alpha value is -0.910. The van der Waals surface area contributed by atoms with E-state index in [1.807, 2.05) is 13.8 Å². The molecule has 0 aliphatic carbocycles. The summed E-state index contributed by atoms with van der Waals surface area (Å²) in [5, 5.41) is 13.1. The van der Waals surface area contributed by atoms with Gasteiger partial charge in [-0.1, -0.05) is 30.1 Å². The number of rotatable bonds is 3. The monoisotopic (exact) mass is 242 g/mol. The van der Waals surface area contributed by atoms with Crippen LogP contribution >= 0.6 is 23.2 Å². The van der Waals surface area contributed by atoms with Crippen LogP contribution in [0.3, 0.4) is 0 Å². The van der Waals surface area contributed by atoms with Gasteiger partial charge in [0.15, 0.2) is 0 Å². The number of hydrogen-bond donors (Lipinski definition) is 1. The molecule has 1 rings (SSSR count). The van der Waals surface area contributed by atoms with Gasteiger partial charge in [-0.3, -0.25) is 0 Å². The van der Waals surface area contributed by atoms with Gasteiger partial charge in [-0.25, -0.2) is 0 Å². The zero-order valence-corrected chi connectivity index (χ0v) is 10.2. The Morgan fingerprint density at radius 3 is 2.60 bits per heavy atom. The van der Waals surface area contributed by atoms with Crippen molar-refractivity contribution < 1.29 is 0 Å². The van der Waals surface area contributed by atoms with Crippen molar-refractivity contribution in [2.75, 3.05) is 5.32 Å². The molecule has 80 valence electrons. The standard InChI is InChI=1S/C11H12Cl2N2/c1-3-8(6-14)15-11-5-9(12)7(2)4-10(11)13/h4-5,8,15H,3H2,1-2H3. The van der Waals surface area contributed by atoms with E-state index < -0.39 is 0 Å². The summed E-state index contributed by atoms with van der Waals surface area (Å²) in [6.45, 7) is 3.82. The minimum absolute atomic E-state index is 0.235. The first-order valence-electron chi connectivity index (χ1n) is 4.70. The van der Waals surface area contributed by atoms with Crippen LogP contribution in [0.2, 0.25) is 10.0 Å². The lowest BCUT2D eigenvalue weighted by molar-refractivity contribution is 0.845. The maximum atomic E-state index is 8.81. The normalized spacial score (nSPS) is 11.9. The number of aryl methyl sites for hydroxylation is 1. The van der Waals surface area contributed by atoms with Crippen LogP contribution < -0.4 is 5.32 Å². The van der Waals surface area contributed by atoms with Gasteiger partial charge < -0.3 is 5.32 Å². The Morgan fingerprint density at radius 1 is 1.40 bits per heavy atom. The highest BCUT2D eigenvalue weighted by Gasteiger charge is 2.08. The Bertz CT molecular complexity index is 396. The second-order valence-corrected chi connectivity index (χ2v) is 4.13. The molecule has 4 heteroatoms. The van der Waals surface area contributed by atoms with Crippen molar-refractivity contribution in [2.24, 2.45) is 0 Å². The third-order valence-electron chi connectivity index (χ3n) is 2.14. The zero-order chi connectivity index (χ0) is 11.4. The predicted octanol–water partition coefficient (Wildman–Crippen LogP) is 4.02. The summed E-state index contributed by atoms with van der Waals surface area (Å²) in [6.07, 6.45) is 0.721. The summed E-state index contributed by atoms with van der Waals surface area (Å²) in [4.78, 5) is 0. The third-order valence-corrected chi connectivity index (χ3v) is 2.86. The van der Waals surface area contributed by atoms with E-state index in [4.69, 9.17) is 28.5 Å². The Balaban J connectivity index is 2.96. The molecule has 2 nitrogen and oxygen atoms in total. The molecule has 0 spiro atoms. The fourth-order valence-corrected chi connectivity index (χ4v) is 1.61. The number of benzene rings is 1. The van der Waals surface area contributed by atoms with Gasteiger partial charge in [0.05, 0.1) is 16.8 Å². The Labute approximate surface area is 99.8 Å². The van der Waals surface area contributed by atoms with Gasteiger partial charge >= 0.3 is 0 Å². The van der Waals surface area contributed by atoms with Crippen molar-refractivity contribution in [3.63, 3.8) is 0 Å². The lowest BCUT2D eigenvalue weighted by atomic mass is 10.2. The average molecular weight is 243 g/mol. The number of nitrogens with one attached hydrogen (secondary N) is 1. The molecule has 1 atom stereocenters.